The van der Waals surface area contributed by atoms with Gasteiger partial charge in [-0.2, -0.15) is 0 Å². The van der Waals surface area contributed by atoms with E-state index < -0.39 is 0 Å². The van der Waals surface area contributed by atoms with E-state index in [1.807, 2.05) is 18.2 Å². The van der Waals surface area contributed by atoms with Crippen molar-refractivity contribution in [2.45, 2.75) is 51.0 Å². The molecule has 0 aromatic heterocycles. The van der Waals surface area contributed by atoms with Crippen molar-refractivity contribution in [3.05, 3.63) is 28.2 Å². The Morgan fingerprint density at radius 1 is 0.895 bits per heavy atom. The van der Waals surface area contributed by atoms with E-state index in [0.29, 0.717) is 6.04 Å². The summed E-state index contributed by atoms with van der Waals surface area (Å²) in [5.74, 6) is 1.90. The minimum atomic E-state index is 0.539. The van der Waals surface area contributed by atoms with E-state index in [2.05, 4.69) is 5.32 Å². The SMILES string of the molecule is Clc1cccc(Cl)c1NC1CCC2CCCCC2C1. The molecule has 0 amide bonds. The van der Waals surface area contributed by atoms with E-state index in [4.69, 9.17) is 23.2 Å². The van der Waals surface area contributed by atoms with E-state index in [1.54, 1.807) is 0 Å². The Labute approximate surface area is 125 Å². The normalized spacial score (nSPS) is 30.7. The highest BCUT2D eigenvalue weighted by Crippen LogP contribution is 2.42. The highest BCUT2D eigenvalue weighted by atomic mass is 35.5. The standard InChI is InChI=1S/C16H21Cl2N/c17-14-6-3-7-15(18)16(14)19-13-9-8-11-4-1-2-5-12(11)10-13/h3,6-7,11-13,19H,1-2,4-5,8-10H2. The first-order chi connectivity index (χ1) is 9.24. The fraction of sp³-hybridized carbons (Fsp3) is 0.625. The van der Waals surface area contributed by atoms with Crippen LogP contribution in [-0.2, 0) is 0 Å². The van der Waals surface area contributed by atoms with Gasteiger partial charge in [0.15, 0.2) is 0 Å². The Kier molecular flexibility index (Phi) is 4.24. The van der Waals surface area contributed by atoms with E-state index in [1.165, 1.54) is 44.9 Å². The number of benzene rings is 1. The number of fused-ring (bicyclic) bond motifs is 1. The van der Waals surface area contributed by atoms with Gasteiger partial charge in [0.1, 0.15) is 0 Å². The zero-order chi connectivity index (χ0) is 13.2. The van der Waals surface area contributed by atoms with E-state index in [-0.39, 0.29) is 0 Å². The average molecular weight is 298 g/mol. The van der Waals surface area contributed by atoms with Gasteiger partial charge in [-0.3, -0.25) is 0 Å². The zero-order valence-electron chi connectivity index (χ0n) is 11.2. The van der Waals surface area contributed by atoms with Crippen LogP contribution in [0.5, 0.6) is 0 Å². The van der Waals surface area contributed by atoms with Crippen LogP contribution in [0, 0.1) is 11.8 Å². The molecule has 3 heteroatoms. The lowest BCUT2D eigenvalue weighted by Gasteiger charge is -2.40. The summed E-state index contributed by atoms with van der Waals surface area (Å²) >= 11 is 12.5. The lowest BCUT2D eigenvalue weighted by molar-refractivity contribution is 0.162. The van der Waals surface area contributed by atoms with E-state index in [9.17, 15) is 0 Å². The molecule has 1 nitrogen and oxygen atoms in total. The highest BCUT2D eigenvalue weighted by molar-refractivity contribution is 6.39. The summed E-state index contributed by atoms with van der Waals surface area (Å²) in [4.78, 5) is 0. The number of anilines is 1. The fourth-order valence-electron chi connectivity index (χ4n) is 3.84. The monoisotopic (exact) mass is 297 g/mol. The molecule has 2 saturated carbocycles. The molecule has 0 spiro atoms. The van der Waals surface area contributed by atoms with E-state index in [0.717, 1.165) is 27.6 Å². The average Bonchev–Trinajstić information content (AvgIpc) is 2.43. The van der Waals surface area contributed by atoms with Crippen LogP contribution in [0.3, 0.4) is 0 Å². The van der Waals surface area contributed by atoms with Crippen LogP contribution in [0.2, 0.25) is 10.0 Å². The molecule has 1 aromatic carbocycles. The molecular formula is C16H21Cl2N. The van der Waals surface area contributed by atoms with Gasteiger partial charge in [-0.25, -0.2) is 0 Å². The molecule has 104 valence electrons. The van der Waals surface area contributed by atoms with Crippen LogP contribution in [0.25, 0.3) is 0 Å². The first-order valence-corrected chi connectivity index (χ1v) is 8.20. The van der Waals surface area contributed by atoms with Crippen LogP contribution in [-0.4, -0.2) is 6.04 Å². The van der Waals surface area contributed by atoms with Gasteiger partial charge >= 0.3 is 0 Å². The Morgan fingerprint density at radius 2 is 1.58 bits per heavy atom. The topological polar surface area (TPSA) is 12.0 Å². The molecule has 1 aromatic rings. The van der Waals surface area contributed by atoms with Crippen molar-refractivity contribution in [2.75, 3.05) is 5.32 Å². The molecule has 19 heavy (non-hydrogen) atoms. The van der Waals surface area contributed by atoms with Crippen LogP contribution >= 0.6 is 23.2 Å². The van der Waals surface area contributed by atoms with Crippen molar-refractivity contribution < 1.29 is 0 Å². The summed E-state index contributed by atoms with van der Waals surface area (Å²) in [6.07, 6.45) is 9.62. The van der Waals surface area contributed by atoms with Gasteiger partial charge in [-0.05, 0) is 43.2 Å². The molecule has 0 saturated heterocycles. The molecule has 3 rings (SSSR count). The predicted octanol–water partition coefficient (Wildman–Crippen LogP) is 5.76. The first kappa shape index (κ1) is 13.6. The van der Waals surface area contributed by atoms with Crippen LogP contribution in [0.1, 0.15) is 44.9 Å². The second-order valence-electron chi connectivity index (χ2n) is 6.06. The maximum absolute atomic E-state index is 6.24. The maximum atomic E-state index is 6.24. The van der Waals surface area contributed by atoms with Gasteiger partial charge < -0.3 is 5.32 Å². The number of halogens is 2. The molecule has 0 radical (unpaired) electrons. The second kappa shape index (κ2) is 5.93. The summed E-state index contributed by atoms with van der Waals surface area (Å²) in [5.41, 5.74) is 0.921. The zero-order valence-corrected chi connectivity index (χ0v) is 12.7. The van der Waals surface area contributed by atoms with Gasteiger partial charge in [0.05, 0.1) is 15.7 Å². The summed E-state index contributed by atoms with van der Waals surface area (Å²) < 4.78 is 0. The molecule has 2 fully saturated rings. The fourth-order valence-corrected chi connectivity index (χ4v) is 4.35. The molecule has 2 aliphatic carbocycles. The number of rotatable bonds is 2. The largest absolute Gasteiger partial charge is 0.380 e. The van der Waals surface area contributed by atoms with Gasteiger partial charge in [-0.1, -0.05) is 55.0 Å². The molecule has 0 aliphatic heterocycles. The van der Waals surface area contributed by atoms with E-state index >= 15 is 0 Å². The van der Waals surface area contributed by atoms with Gasteiger partial charge in [0.2, 0.25) is 0 Å². The van der Waals surface area contributed by atoms with Crippen LogP contribution in [0.15, 0.2) is 18.2 Å². The quantitative estimate of drug-likeness (QED) is 0.731. The Balaban J connectivity index is 1.67. The molecule has 3 unspecified atom stereocenters. The molecule has 2 aliphatic rings. The van der Waals surface area contributed by atoms with Crippen molar-refractivity contribution in [1.82, 2.24) is 0 Å². The summed E-state index contributed by atoms with van der Waals surface area (Å²) in [6, 6.07) is 6.24. The van der Waals surface area contributed by atoms with Gasteiger partial charge in [-0.15, -0.1) is 0 Å². The molecule has 1 N–H and O–H groups in total. The molecule has 3 atom stereocenters. The number of hydrogen-bond donors (Lipinski definition) is 1. The van der Waals surface area contributed by atoms with Crippen molar-refractivity contribution in [2.24, 2.45) is 11.8 Å². The summed E-state index contributed by atoms with van der Waals surface area (Å²) in [5, 5.41) is 5.06. The van der Waals surface area contributed by atoms with Crippen LogP contribution in [0.4, 0.5) is 5.69 Å². The van der Waals surface area contributed by atoms with Gasteiger partial charge in [0, 0.05) is 6.04 Å². The Bertz CT molecular complexity index is 426. The highest BCUT2D eigenvalue weighted by Gasteiger charge is 2.32. The maximum Gasteiger partial charge on any atom is 0.0721 e. The van der Waals surface area contributed by atoms with Crippen molar-refractivity contribution in [3.8, 4) is 0 Å². The number of hydrogen-bond acceptors (Lipinski definition) is 1. The third-order valence-corrected chi connectivity index (χ3v) is 5.48. The second-order valence-corrected chi connectivity index (χ2v) is 6.87. The van der Waals surface area contributed by atoms with Gasteiger partial charge in [0.25, 0.3) is 0 Å². The number of para-hydroxylation sites is 1. The summed E-state index contributed by atoms with van der Waals surface area (Å²) in [6.45, 7) is 0. The predicted molar refractivity (Wildman–Crippen MR) is 83.2 cm³/mol. The summed E-state index contributed by atoms with van der Waals surface area (Å²) in [7, 11) is 0. The minimum absolute atomic E-state index is 0.539. The molecular weight excluding hydrogens is 277 g/mol. The Morgan fingerprint density at radius 3 is 2.32 bits per heavy atom. The third kappa shape index (κ3) is 3.03. The van der Waals surface area contributed by atoms with Crippen molar-refractivity contribution in [1.29, 1.82) is 0 Å². The lowest BCUT2D eigenvalue weighted by atomic mass is 9.69. The molecule has 0 heterocycles. The number of nitrogens with one attached hydrogen (secondary N) is 1. The minimum Gasteiger partial charge on any atom is -0.380 e. The Hall–Kier alpha value is -0.400. The first-order valence-electron chi connectivity index (χ1n) is 7.44. The lowest BCUT2D eigenvalue weighted by Crippen LogP contribution is -2.34. The third-order valence-electron chi connectivity index (χ3n) is 4.85. The van der Waals surface area contributed by atoms with Crippen molar-refractivity contribution in [3.63, 3.8) is 0 Å². The molecule has 0 bridgehead atoms. The smallest absolute Gasteiger partial charge is 0.0721 e. The van der Waals surface area contributed by atoms with Crippen molar-refractivity contribution >= 4 is 28.9 Å². The van der Waals surface area contributed by atoms with Crippen LogP contribution < -0.4 is 5.32 Å².